The number of benzene rings is 2. The highest BCUT2D eigenvalue weighted by Gasteiger charge is 2.35. The zero-order valence-electron chi connectivity index (χ0n) is 16.9. The van der Waals surface area contributed by atoms with E-state index in [1.54, 1.807) is 0 Å². The monoisotopic (exact) mass is 439 g/mol. The van der Waals surface area contributed by atoms with Crippen molar-refractivity contribution in [3.63, 3.8) is 0 Å². The smallest absolute Gasteiger partial charge is 0.420 e. The fourth-order valence-electron chi connectivity index (χ4n) is 2.72. The van der Waals surface area contributed by atoms with Crippen LogP contribution < -0.4 is 19.7 Å². The summed E-state index contributed by atoms with van der Waals surface area (Å²) < 4.78 is 56.8. The summed E-state index contributed by atoms with van der Waals surface area (Å²) in [5.74, 6) is 0.0107. The van der Waals surface area contributed by atoms with Crippen LogP contribution in [-0.4, -0.2) is 44.4 Å². The van der Waals surface area contributed by atoms with Gasteiger partial charge in [-0.25, -0.2) is 9.97 Å². The van der Waals surface area contributed by atoms with Gasteiger partial charge in [-0.3, -0.25) is 0 Å². The number of methoxy groups -OCH3 is 1. The largest absolute Gasteiger partial charge is 0.487 e. The van der Waals surface area contributed by atoms with Crippen LogP contribution in [0, 0.1) is 0 Å². The molecule has 3 aromatic rings. The van der Waals surface area contributed by atoms with E-state index in [-0.39, 0.29) is 24.0 Å². The van der Waals surface area contributed by atoms with Crippen molar-refractivity contribution in [3.8, 4) is 23.1 Å². The molecule has 0 amide bonds. The number of hydrogen-bond acceptors (Lipinski definition) is 8. The van der Waals surface area contributed by atoms with E-state index in [1.807, 2.05) is 0 Å². The molecule has 2 aromatic carbocycles. The van der Waals surface area contributed by atoms with Gasteiger partial charge in [0.2, 0.25) is 11.6 Å². The van der Waals surface area contributed by atoms with Gasteiger partial charge in [0.05, 0.1) is 24.6 Å². The molecular weight excluding hydrogens is 419 g/mol. The molecule has 166 valence electrons. The highest BCUT2D eigenvalue weighted by molar-refractivity contribution is 5.87. The van der Waals surface area contributed by atoms with E-state index in [9.17, 15) is 13.2 Å². The molecule has 11 heteroatoms. The first-order chi connectivity index (χ1) is 14.9. The lowest BCUT2D eigenvalue weighted by molar-refractivity contribution is -0.179. The highest BCUT2D eigenvalue weighted by atomic mass is 19.4. The minimum atomic E-state index is -4.63. The standard InChI is InChI=1S/C20H20F3N3O5/c1-24-12-4-5-16(14(8-12)20(21,22)23)30-19-13-9-17(29-7-6-27-2)18(31-28-3)10-15(13)25-11-26-19/h4-5,8-11,24H,6-7H2,1-3H3. The topological polar surface area (TPSA) is 84.0 Å². The fraction of sp³-hybridized carbons (Fsp3) is 0.300. The van der Waals surface area contributed by atoms with Gasteiger partial charge in [0.15, 0.2) is 5.75 Å². The van der Waals surface area contributed by atoms with E-state index in [1.165, 1.54) is 51.9 Å². The Kier molecular flexibility index (Phi) is 6.98. The first-order valence-corrected chi connectivity index (χ1v) is 9.05. The van der Waals surface area contributed by atoms with E-state index in [0.29, 0.717) is 23.2 Å². The SMILES string of the molecule is CNc1ccc(Oc2ncnc3cc(OOC)c(OCCOC)cc23)c(C(F)(F)F)c1. The molecular formula is C20H20F3N3O5. The third-order valence-electron chi connectivity index (χ3n) is 4.16. The molecule has 0 spiro atoms. The summed E-state index contributed by atoms with van der Waals surface area (Å²) in [5.41, 5.74) is -0.291. The fourth-order valence-corrected chi connectivity index (χ4v) is 2.72. The van der Waals surface area contributed by atoms with Crippen molar-refractivity contribution < 1.29 is 37.2 Å². The maximum Gasteiger partial charge on any atom is 0.420 e. The van der Waals surface area contributed by atoms with Crippen LogP contribution in [0.3, 0.4) is 0 Å². The lowest BCUT2D eigenvalue weighted by Gasteiger charge is -2.16. The number of nitrogens with one attached hydrogen (secondary N) is 1. The van der Waals surface area contributed by atoms with Crippen molar-refractivity contribution in [1.82, 2.24) is 9.97 Å². The zero-order chi connectivity index (χ0) is 22.4. The summed E-state index contributed by atoms with van der Waals surface area (Å²) in [4.78, 5) is 17.9. The second kappa shape index (κ2) is 9.67. The van der Waals surface area contributed by atoms with Crippen molar-refractivity contribution in [2.24, 2.45) is 0 Å². The number of ether oxygens (including phenoxy) is 3. The van der Waals surface area contributed by atoms with Crippen LogP contribution in [0.2, 0.25) is 0 Å². The van der Waals surface area contributed by atoms with Crippen molar-refractivity contribution in [3.05, 3.63) is 42.2 Å². The minimum Gasteiger partial charge on any atom is -0.487 e. The maximum atomic E-state index is 13.6. The normalized spacial score (nSPS) is 11.4. The molecule has 31 heavy (non-hydrogen) atoms. The zero-order valence-corrected chi connectivity index (χ0v) is 16.9. The Hall–Kier alpha value is -3.31. The summed E-state index contributed by atoms with van der Waals surface area (Å²) in [6, 6.07) is 6.66. The molecule has 3 rings (SSSR count). The molecule has 0 bridgehead atoms. The summed E-state index contributed by atoms with van der Waals surface area (Å²) in [6.07, 6.45) is -3.45. The van der Waals surface area contributed by atoms with Crippen LogP contribution in [0.15, 0.2) is 36.7 Å². The first-order valence-electron chi connectivity index (χ1n) is 9.05. The lowest BCUT2D eigenvalue weighted by atomic mass is 10.1. The maximum absolute atomic E-state index is 13.6. The number of nitrogens with zero attached hydrogens (tertiary/aromatic N) is 2. The minimum absolute atomic E-state index is 0.0757. The Morgan fingerprint density at radius 3 is 2.45 bits per heavy atom. The highest BCUT2D eigenvalue weighted by Crippen LogP contribution is 2.41. The molecule has 0 saturated heterocycles. The predicted octanol–water partition coefficient (Wildman–Crippen LogP) is 4.45. The Balaban J connectivity index is 2.06. The lowest BCUT2D eigenvalue weighted by Crippen LogP contribution is -2.08. The van der Waals surface area contributed by atoms with Gasteiger partial charge >= 0.3 is 6.18 Å². The second-order valence-corrected chi connectivity index (χ2v) is 6.15. The van der Waals surface area contributed by atoms with Crippen molar-refractivity contribution in [2.45, 2.75) is 6.18 Å². The second-order valence-electron chi connectivity index (χ2n) is 6.15. The Morgan fingerprint density at radius 2 is 1.77 bits per heavy atom. The van der Waals surface area contributed by atoms with Crippen LogP contribution in [0.25, 0.3) is 10.9 Å². The van der Waals surface area contributed by atoms with Crippen LogP contribution in [0.5, 0.6) is 23.1 Å². The first kappa shape index (κ1) is 22.4. The molecule has 0 atom stereocenters. The number of aromatic nitrogens is 2. The quantitative estimate of drug-likeness (QED) is 0.298. The summed E-state index contributed by atoms with van der Waals surface area (Å²) >= 11 is 0. The summed E-state index contributed by atoms with van der Waals surface area (Å²) in [7, 11) is 4.37. The molecule has 0 unspecified atom stereocenters. The van der Waals surface area contributed by atoms with Crippen LogP contribution in [-0.2, 0) is 15.8 Å². The number of rotatable bonds is 9. The average Bonchev–Trinajstić information content (AvgIpc) is 2.74. The molecule has 1 N–H and O–H groups in total. The summed E-state index contributed by atoms with van der Waals surface area (Å²) in [6.45, 7) is 0.515. The number of anilines is 1. The van der Waals surface area contributed by atoms with E-state index < -0.39 is 17.5 Å². The Bertz CT molecular complexity index is 1050. The molecule has 0 saturated carbocycles. The molecule has 0 radical (unpaired) electrons. The summed E-state index contributed by atoms with van der Waals surface area (Å²) in [5, 5.41) is 3.00. The Morgan fingerprint density at radius 1 is 0.968 bits per heavy atom. The van der Waals surface area contributed by atoms with Gasteiger partial charge in [-0.1, -0.05) is 0 Å². The van der Waals surface area contributed by atoms with Crippen molar-refractivity contribution >= 4 is 16.6 Å². The molecule has 1 aromatic heterocycles. The van der Waals surface area contributed by atoms with Gasteiger partial charge in [-0.05, 0) is 24.3 Å². The Labute approximate surface area is 175 Å². The van der Waals surface area contributed by atoms with E-state index >= 15 is 0 Å². The van der Waals surface area contributed by atoms with Crippen molar-refractivity contribution in [1.29, 1.82) is 0 Å². The van der Waals surface area contributed by atoms with Crippen molar-refractivity contribution in [2.75, 3.05) is 39.8 Å². The molecule has 0 fully saturated rings. The number of fused-ring (bicyclic) bond motifs is 1. The number of hydrogen-bond donors (Lipinski definition) is 1. The predicted molar refractivity (Wildman–Crippen MR) is 106 cm³/mol. The third kappa shape index (κ3) is 5.25. The molecule has 0 aliphatic heterocycles. The van der Waals surface area contributed by atoms with E-state index in [2.05, 4.69) is 15.3 Å². The van der Waals surface area contributed by atoms with Crippen LogP contribution >= 0.6 is 0 Å². The van der Waals surface area contributed by atoms with Gasteiger partial charge in [-0.2, -0.15) is 18.1 Å². The van der Waals surface area contributed by atoms with E-state index in [0.717, 1.165) is 6.07 Å². The van der Waals surface area contributed by atoms with Gasteiger partial charge < -0.3 is 24.4 Å². The van der Waals surface area contributed by atoms with Crippen LogP contribution in [0.4, 0.5) is 18.9 Å². The van der Waals surface area contributed by atoms with Gasteiger partial charge in [-0.15, -0.1) is 0 Å². The molecule has 0 aliphatic rings. The molecule has 0 aliphatic carbocycles. The average molecular weight is 439 g/mol. The number of alkyl halides is 3. The van der Waals surface area contributed by atoms with E-state index in [4.69, 9.17) is 24.0 Å². The van der Waals surface area contributed by atoms with Gasteiger partial charge in [0.25, 0.3) is 0 Å². The van der Waals surface area contributed by atoms with Crippen LogP contribution in [0.1, 0.15) is 5.56 Å². The third-order valence-corrected chi connectivity index (χ3v) is 4.16. The van der Waals surface area contributed by atoms with Gasteiger partial charge in [0.1, 0.15) is 24.2 Å². The number of halogens is 3. The molecule has 1 heterocycles. The van der Waals surface area contributed by atoms with Gasteiger partial charge in [0, 0.05) is 25.9 Å². The molecule has 8 nitrogen and oxygen atoms in total.